The number of hydrogen-bond donors (Lipinski definition) is 1. The summed E-state index contributed by atoms with van der Waals surface area (Å²) in [5.41, 5.74) is 3.58. The van der Waals surface area contributed by atoms with Crippen LogP contribution < -0.4 is 14.8 Å². The molecule has 0 radical (unpaired) electrons. The van der Waals surface area contributed by atoms with E-state index in [1.807, 2.05) is 72.8 Å². The van der Waals surface area contributed by atoms with Crippen molar-refractivity contribution in [2.75, 3.05) is 13.2 Å². The van der Waals surface area contributed by atoms with Crippen LogP contribution in [0.3, 0.4) is 0 Å². The minimum atomic E-state index is -0.0978. The Morgan fingerprint density at radius 3 is 2.42 bits per heavy atom. The number of hydrogen-bond acceptors (Lipinski definition) is 3. The molecule has 0 saturated carbocycles. The van der Waals surface area contributed by atoms with Gasteiger partial charge in [0.05, 0.1) is 0 Å². The molecule has 0 unspecified atom stereocenters. The van der Waals surface area contributed by atoms with Gasteiger partial charge in [0.25, 0.3) is 5.91 Å². The van der Waals surface area contributed by atoms with E-state index in [1.165, 1.54) is 0 Å². The molecule has 0 aromatic heterocycles. The van der Waals surface area contributed by atoms with Gasteiger partial charge in [-0.15, -0.1) is 0 Å². The number of benzene rings is 3. The summed E-state index contributed by atoms with van der Waals surface area (Å²) in [6.45, 7) is 1.55. The summed E-state index contributed by atoms with van der Waals surface area (Å²) in [6.07, 6.45) is 0. The number of ether oxygens (including phenoxy) is 2. The summed E-state index contributed by atoms with van der Waals surface area (Å²) in [6, 6.07) is 23.3. The normalized spacial score (nSPS) is 12.5. The van der Waals surface area contributed by atoms with Crippen molar-refractivity contribution in [1.29, 1.82) is 0 Å². The molecule has 0 saturated heterocycles. The van der Waals surface area contributed by atoms with E-state index in [1.54, 1.807) is 0 Å². The van der Waals surface area contributed by atoms with E-state index < -0.39 is 0 Å². The van der Waals surface area contributed by atoms with Gasteiger partial charge in [-0.1, -0.05) is 54.6 Å². The van der Waals surface area contributed by atoms with Gasteiger partial charge in [-0.3, -0.25) is 4.79 Å². The highest BCUT2D eigenvalue weighted by atomic mass is 16.6. The van der Waals surface area contributed by atoms with Crippen LogP contribution in [0.5, 0.6) is 11.5 Å². The van der Waals surface area contributed by atoms with Crippen molar-refractivity contribution in [3.63, 3.8) is 0 Å². The van der Waals surface area contributed by atoms with Crippen LogP contribution in [0.1, 0.15) is 15.9 Å². The lowest BCUT2D eigenvalue weighted by atomic mass is 9.99. The standard InChI is InChI=1S/C22H19NO3/c24-22(19-9-5-4-8-18(19)17-6-2-1-3-7-17)23-15-16-10-11-20-21(14-16)26-13-12-25-20/h1-11,14H,12-13,15H2,(H,23,24). The van der Waals surface area contributed by atoms with Crippen molar-refractivity contribution in [2.45, 2.75) is 6.54 Å². The lowest BCUT2D eigenvalue weighted by Gasteiger charge is -2.19. The van der Waals surface area contributed by atoms with Crippen molar-refractivity contribution in [3.05, 3.63) is 83.9 Å². The molecular formula is C22H19NO3. The van der Waals surface area contributed by atoms with Crippen molar-refractivity contribution in [2.24, 2.45) is 0 Å². The van der Waals surface area contributed by atoms with E-state index in [2.05, 4.69) is 5.32 Å². The molecule has 3 aromatic carbocycles. The third kappa shape index (κ3) is 3.40. The quantitative estimate of drug-likeness (QED) is 0.776. The van der Waals surface area contributed by atoms with Crippen LogP contribution in [0, 0.1) is 0 Å². The molecule has 4 heteroatoms. The summed E-state index contributed by atoms with van der Waals surface area (Å²) in [4.78, 5) is 12.7. The molecule has 26 heavy (non-hydrogen) atoms. The van der Waals surface area contributed by atoms with Crippen LogP contribution in [0.25, 0.3) is 11.1 Å². The van der Waals surface area contributed by atoms with Crippen LogP contribution in [0.2, 0.25) is 0 Å². The molecule has 0 fully saturated rings. The molecule has 1 amide bonds. The smallest absolute Gasteiger partial charge is 0.252 e. The van der Waals surface area contributed by atoms with Crippen LogP contribution in [-0.2, 0) is 6.54 Å². The van der Waals surface area contributed by atoms with Crippen molar-refractivity contribution < 1.29 is 14.3 Å². The fraction of sp³-hybridized carbons (Fsp3) is 0.136. The highest BCUT2D eigenvalue weighted by Gasteiger charge is 2.14. The molecule has 1 N–H and O–H groups in total. The predicted octanol–water partition coefficient (Wildman–Crippen LogP) is 4.05. The maximum atomic E-state index is 12.7. The zero-order valence-corrected chi connectivity index (χ0v) is 14.3. The molecule has 0 spiro atoms. The van der Waals surface area contributed by atoms with Gasteiger partial charge in [-0.2, -0.15) is 0 Å². The lowest BCUT2D eigenvalue weighted by Crippen LogP contribution is -2.23. The Morgan fingerprint density at radius 2 is 1.58 bits per heavy atom. The second kappa shape index (κ2) is 7.31. The van der Waals surface area contributed by atoms with Gasteiger partial charge in [-0.25, -0.2) is 0 Å². The summed E-state index contributed by atoms with van der Waals surface area (Å²) < 4.78 is 11.1. The molecular weight excluding hydrogens is 326 g/mol. The second-order valence-electron chi connectivity index (χ2n) is 6.07. The lowest BCUT2D eigenvalue weighted by molar-refractivity contribution is 0.0951. The van der Waals surface area contributed by atoms with Crippen molar-refractivity contribution in [1.82, 2.24) is 5.32 Å². The molecule has 0 atom stereocenters. The highest BCUT2D eigenvalue weighted by Crippen LogP contribution is 2.30. The molecule has 0 aliphatic carbocycles. The molecule has 1 aliphatic heterocycles. The summed E-state index contributed by atoms with van der Waals surface area (Å²) in [7, 11) is 0. The molecule has 1 aliphatic rings. The molecule has 3 aromatic rings. The molecule has 130 valence electrons. The Morgan fingerprint density at radius 1 is 0.846 bits per heavy atom. The number of amides is 1. The molecule has 4 rings (SSSR count). The van der Waals surface area contributed by atoms with Gasteiger partial charge in [-0.05, 0) is 34.9 Å². The van der Waals surface area contributed by atoms with Gasteiger partial charge >= 0.3 is 0 Å². The maximum Gasteiger partial charge on any atom is 0.252 e. The van der Waals surface area contributed by atoms with Gasteiger partial charge in [0.1, 0.15) is 13.2 Å². The number of rotatable bonds is 4. The number of fused-ring (bicyclic) bond motifs is 1. The average molecular weight is 345 g/mol. The first-order valence-electron chi connectivity index (χ1n) is 8.62. The van der Waals surface area contributed by atoms with Crippen LogP contribution >= 0.6 is 0 Å². The van der Waals surface area contributed by atoms with E-state index >= 15 is 0 Å². The third-order valence-electron chi connectivity index (χ3n) is 4.32. The van der Waals surface area contributed by atoms with E-state index in [9.17, 15) is 4.79 Å². The summed E-state index contributed by atoms with van der Waals surface area (Å²) in [5.74, 6) is 1.38. The zero-order valence-electron chi connectivity index (χ0n) is 14.3. The Kier molecular flexibility index (Phi) is 4.56. The van der Waals surface area contributed by atoms with Crippen LogP contribution in [0.15, 0.2) is 72.8 Å². The zero-order chi connectivity index (χ0) is 17.8. The largest absolute Gasteiger partial charge is 0.486 e. The van der Waals surface area contributed by atoms with E-state index in [0.29, 0.717) is 25.3 Å². The Hall–Kier alpha value is -3.27. The van der Waals surface area contributed by atoms with Gasteiger partial charge in [0, 0.05) is 12.1 Å². The van der Waals surface area contributed by atoms with E-state index in [0.717, 1.165) is 28.2 Å². The van der Waals surface area contributed by atoms with Crippen molar-refractivity contribution in [3.8, 4) is 22.6 Å². The fourth-order valence-electron chi connectivity index (χ4n) is 3.03. The Bertz CT molecular complexity index is 922. The number of carbonyl (C=O) groups is 1. The first-order chi connectivity index (χ1) is 12.8. The minimum absolute atomic E-state index is 0.0978. The molecule has 4 nitrogen and oxygen atoms in total. The first-order valence-corrected chi connectivity index (χ1v) is 8.62. The summed E-state index contributed by atoms with van der Waals surface area (Å²) in [5, 5.41) is 3.00. The van der Waals surface area contributed by atoms with Gasteiger partial charge < -0.3 is 14.8 Å². The SMILES string of the molecule is O=C(NCc1ccc2c(c1)OCCO2)c1ccccc1-c1ccccc1. The number of carbonyl (C=O) groups excluding carboxylic acids is 1. The Balaban J connectivity index is 1.51. The average Bonchev–Trinajstić information content (AvgIpc) is 2.72. The maximum absolute atomic E-state index is 12.7. The minimum Gasteiger partial charge on any atom is -0.486 e. The van der Waals surface area contributed by atoms with Crippen LogP contribution in [-0.4, -0.2) is 19.1 Å². The summed E-state index contributed by atoms with van der Waals surface area (Å²) >= 11 is 0. The van der Waals surface area contributed by atoms with Crippen molar-refractivity contribution >= 4 is 5.91 Å². The predicted molar refractivity (Wildman–Crippen MR) is 100 cm³/mol. The Labute approximate surface area is 152 Å². The molecule has 1 heterocycles. The van der Waals surface area contributed by atoms with E-state index in [-0.39, 0.29) is 5.91 Å². The first kappa shape index (κ1) is 16.2. The monoisotopic (exact) mass is 345 g/mol. The van der Waals surface area contributed by atoms with E-state index in [4.69, 9.17) is 9.47 Å². The fourth-order valence-corrected chi connectivity index (χ4v) is 3.03. The number of nitrogens with one attached hydrogen (secondary N) is 1. The topological polar surface area (TPSA) is 47.6 Å². The highest BCUT2D eigenvalue weighted by molar-refractivity contribution is 6.00. The second-order valence-corrected chi connectivity index (χ2v) is 6.07. The molecule has 0 bridgehead atoms. The third-order valence-corrected chi connectivity index (χ3v) is 4.32. The van der Waals surface area contributed by atoms with Gasteiger partial charge in [0.15, 0.2) is 11.5 Å². The van der Waals surface area contributed by atoms with Crippen LogP contribution in [0.4, 0.5) is 0 Å². The van der Waals surface area contributed by atoms with Gasteiger partial charge in [0.2, 0.25) is 0 Å².